The molecule has 2 aromatic rings. The van der Waals surface area contributed by atoms with Crippen LogP contribution in [-0.4, -0.2) is 0 Å². The van der Waals surface area contributed by atoms with E-state index in [9.17, 15) is 0 Å². The van der Waals surface area contributed by atoms with Crippen molar-refractivity contribution in [3.63, 3.8) is 0 Å². The molecule has 0 amide bonds. The summed E-state index contributed by atoms with van der Waals surface area (Å²) in [6, 6.07) is 15.0. The van der Waals surface area contributed by atoms with Gasteiger partial charge >= 0.3 is 0 Å². The minimum Gasteiger partial charge on any atom is -0.485 e. The van der Waals surface area contributed by atoms with Crippen molar-refractivity contribution >= 4 is 11.8 Å². The number of hydrogen-bond donors (Lipinski definition) is 0. The first-order valence-electron chi connectivity index (χ1n) is 7.73. The summed E-state index contributed by atoms with van der Waals surface area (Å²) in [7, 11) is 0. The van der Waals surface area contributed by atoms with Crippen LogP contribution < -0.4 is 4.74 Å². The van der Waals surface area contributed by atoms with Crippen molar-refractivity contribution in [3.05, 3.63) is 70.6 Å². The highest BCUT2D eigenvalue weighted by atomic mass is 32.2. The first-order chi connectivity index (χ1) is 10.5. The molecule has 2 aromatic carbocycles. The number of aryl methyl sites for hydroxylation is 1. The maximum Gasteiger partial charge on any atom is 0.127 e. The summed E-state index contributed by atoms with van der Waals surface area (Å²) < 4.78 is 6.32. The minimum absolute atomic E-state index is 0.162. The minimum atomic E-state index is 0.162. The standard InChI is InChI=1S/C20H22OS/c1-13(2)22-19-10-9-17(12-14(19)3)21-20-15(4)11-16-7-5-6-8-18(16)20/h5-10,12,15,20H,1,11H2,2-4H3/t15-,20?/m1/s1. The molecule has 0 saturated heterocycles. The van der Waals surface area contributed by atoms with E-state index in [1.165, 1.54) is 21.6 Å². The van der Waals surface area contributed by atoms with E-state index in [2.05, 4.69) is 62.9 Å². The van der Waals surface area contributed by atoms with E-state index in [0.717, 1.165) is 17.1 Å². The number of ether oxygens (including phenoxy) is 1. The van der Waals surface area contributed by atoms with E-state index >= 15 is 0 Å². The molecule has 0 spiro atoms. The number of hydrogen-bond acceptors (Lipinski definition) is 2. The first-order valence-corrected chi connectivity index (χ1v) is 8.54. The van der Waals surface area contributed by atoms with Crippen molar-refractivity contribution < 1.29 is 4.74 Å². The van der Waals surface area contributed by atoms with Crippen LogP contribution >= 0.6 is 11.8 Å². The molecule has 1 unspecified atom stereocenters. The lowest BCUT2D eigenvalue weighted by molar-refractivity contribution is 0.159. The number of thioether (sulfide) groups is 1. The molecule has 0 saturated carbocycles. The molecule has 0 fully saturated rings. The Morgan fingerprint density at radius 2 is 2.00 bits per heavy atom. The van der Waals surface area contributed by atoms with Gasteiger partial charge in [-0.25, -0.2) is 0 Å². The van der Waals surface area contributed by atoms with Crippen LogP contribution in [0, 0.1) is 12.8 Å². The summed E-state index contributed by atoms with van der Waals surface area (Å²) in [5.74, 6) is 1.47. The molecule has 1 aliphatic rings. The van der Waals surface area contributed by atoms with Crippen LogP contribution in [-0.2, 0) is 6.42 Å². The van der Waals surface area contributed by atoms with Crippen LogP contribution in [0.25, 0.3) is 0 Å². The highest BCUT2D eigenvalue weighted by Gasteiger charge is 2.30. The molecular weight excluding hydrogens is 288 g/mol. The molecule has 0 aliphatic heterocycles. The smallest absolute Gasteiger partial charge is 0.127 e. The number of fused-ring (bicyclic) bond motifs is 1. The predicted octanol–water partition coefficient (Wildman–Crippen LogP) is 5.93. The predicted molar refractivity (Wildman–Crippen MR) is 94.5 cm³/mol. The van der Waals surface area contributed by atoms with Gasteiger partial charge in [-0.3, -0.25) is 0 Å². The van der Waals surface area contributed by atoms with Gasteiger partial charge in [0.05, 0.1) is 0 Å². The summed E-state index contributed by atoms with van der Waals surface area (Å²) in [6.07, 6.45) is 1.26. The number of rotatable bonds is 4. The van der Waals surface area contributed by atoms with Crippen LogP contribution in [0.2, 0.25) is 0 Å². The Bertz CT molecular complexity index is 705. The Morgan fingerprint density at radius 1 is 1.23 bits per heavy atom. The maximum atomic E-state index is 6.32. The lowest BCUT2D eigenvalue weighted by Crippen LogP contribution is -2.11. The zero-order valence-electron chi connectivity index (χ0n) is 13.4. The lowest BCUT2D eigenvalue weighted by Gasteiger charge is -2.20. The van der Waals surface area contributed by atoms with Gasteiger partial charge in [-0.05, 0) is 60.1 Å². The fraction of sp³-hybridized carbons (Fsp3) is 0.300. The molecule has 1 aliphatic carbocycles. The summed E-state index contributed by atoms with van der Waals surface area (Å²) in [4.78, 5) is 2.36. The average molecular weight is 310 g/mol. The lowest BCUT2D eigenvalue weighted by atomic mass is 10.1. The van der Waals surface area contributed by atoms with E-state index in [4.69, 9.17) is 4.74 Å². The Balaban J connectivity index is 1.82. The Hall–Kier alpha value is -1.67. The highest BCUT2D eigenvalue weighted by Crippen LogP contribution is 2.40. The average Bonchev–Trinajstić information content (AvgIpc) is 2.78. The molecule has 0 bridgehead atoms. The van der Waals surface area contributed by atoms with E-state index in [1.807, 2.05) is 6.92 Å². The second kappa shape index (κ2) is 6.21. The fourth-order valence-electron chi connectivity index (χ4n) is 3.08. The third-order valence-corrected chi connectivity index (χ3v) is 5.14. The Kier molecular flexibility index (Phi) is 4.30. The van der Waals surface area contributed by atoms with Crippen LogP contribution in [0.5, 0.6) is 5.75 Å². The van der Waals surface area contributed by atoms with Crippen molar-refractivity contribution in [2.45, 2.75) is 38.2 Å². The van der Waals surface area contributed by atoms with Gasteiger partial charge in [0, 0.05) is 10.8 Å². The Labute approximate surface area is 137 Å². The summed E-state index contributed by atoms with van der Waals surface area (Å²) in [5.41, 5.74) is 4.00. The molecule has 1 nitrogen and oxygen atoms in total. The van der Waals surface area contributed by atoms with Crippen LogP contribution in [0.4, 0.5) is 0 Å². The van der Waals surface area contributed by atoms with Crippen molar-refractivity contribution in [3.8, 4) is 5.75 Å². The van der Waals surface area contributed by atoms with E-state index in [1.54, 1.807) is 11.8 Å². The molecule has 2 atom stereocenters. The molecule has 2 heteroatoms. The van der Waals surface area contributed by atoms with Gasteiger partial charge in [0.15, 0.2) is 0 Å². The van der Waals surface area contributed by atoms with E-state index < -0.39 is 0 Å². The molecular formula is C20H22OS. The molecule has 114 valence electrons. The van der Waals surface area contributed by atoms with Crippen LogP contribution in [0.1, 0.15) is 36.6 Å². The Morgan fingerprint density at radius 3 is 2.73 bits per heavy atom. The van der Waals surface area contributed by atoms with E-state index in [-0.39, 0.29) is 6.10 Å². The maximum absolute atomic E-state index is 6.32. The van der Waals surface area contributed by atoms with Gasteiger partial charge < -0.3 is 4.74 Å². The third-order valence-electron chi connectivity index (χ3n) is 4.11. The molecule has 22 heavy (non-hydrogen) atoms. The zero-order valence-corrected chi connectivity index (χ0v) is 14.2. The van der Waals surface area contributed by atoms with Crippen molar-refractivity contribution in [1.29, 1.82) is 0 Å². The highest BCUT2D eigenvalue weighted by molar-refractivity contribution is 8.03. The number of benzene rings is 2. The summed E-state index contributed by atoms with van der Waals surface area (Å²) >= 11 is 1.72. The molecule has 0 N–H and O–H groups in total. The van der Waals surface area contributed by atoms with Crippen molar-refractivity contribution in [1.82, 2.24) is 0 Å². The monoisotopic (exact) mass is 310 g/mol. The van der Waals surface area contributed by atoms with Gasteiger partial charge in [0.25, 0.3) is 0 Å². The third kappa shape index (κ3) is 3.07. The normalized spacial score (nSPS) is 19.8. The van der Waals surface area contributed by atoms with Crippen molar-refractivity contribution in [2.24, 2.45) is 5.92 Å². The summed E-state index contributed by atoms with van der Waals surface area (Å²) in [5, 5.41) is 0. The van der Waals surface area contributed by atoms with Gasteiger partial charge in [-0.15, -0.1) is 0 Å². The molecule has 0 aromatic heterocycles. The van der Waals surface area contributed by atoms with E-state index in [0.29, 0.717) is 5.92 Å². The number of allylic oxidation sites excluding steroid dienone is 1. The fourth-order valence-corrected chi connectivity index (χ4v) is 3.81. The largest absolute Gasteiger partial charge is 0.485 e. The van der Waals surface area contributed by atoms with Gasteiger partial charge in [-0.1, -0.05) is 49.5 Å². The topological polar surface area (TPSA) is 9.23 Å². The van der Waals surface area contributed by atoms with Crippen LogP contribution in [0.3, 0.4) is 0 Å². The van der Waals surface area contributed by atoms with Gasteiger partial charge in [-0.2, -0.15) is 0 Å². The molecule has 3 rings (SSSR count). The molecule has 0 heterocycles. The quantitative estimate of drug-likeness (QED) is 0.647. The SMILES string of the molecule is C=C(C)Sc1ccc(OC2c3ccccc3C[C@H]2C)cc1C. The van der Waals surface area contributed by atoms with Crippen LogP contribution in [0.15, 0.2) is 58.8 Å². The summed E-state index contributed by atoms with van der Waals surface area (Å²) in [6.45, 7) is 10.4. The van der Waals surface area contributed by atoms with Gasteiger partial charge in [0.1, 0.15) is 11.9 Å². The second-order valence-corrected chi connectivity index (χ2v) is 7.49. The van der Waals surface area contributed by atoms with Crippen molar-refractivity contribution in [2.75, 3.05) is 0 Å². The second-order valence-electron chi connectivity index (χ2n) is 6.15. The molecule has 0 radical (unpaired) electrons. The first kappa shape index (κ1) is 15.2. The zero-order chi connectivity index (χ0) is 15.7. The van der Waals surface area contributed by atoms with Gasteiger partial charge in [0.2, 0.25) is 0 Å².